The number of nitrogens with one attached hydrogen (secondary N) is 1. The van der Waals surface area contributed by atoms with Crippen LogP contribution in [0.5, 0.6) is 0 Å². The summed E-state index contributed by atoms with van der Waals surface area (Å²) < 4.78 is 24.0. The third kappa shape index (κ3) is 4.90. The van der Waals surface area contributed by atoms with Gasteiger partial charge in [-0.1, -0.05) is 29.5 Å². The topological polar surface area (TPSA) is 133 Å². The molecule has 11 heteroatoms. The Labute approximate surface area is 160 Å². The minimum atomic E-state index is -3.76. The molecule has 0 fully saturated rings. The first-order valence-corrected chi connectivity index (χ1v) is 10.3. The van der Waals surface area contributed by atoms with Crippen LogP contribution in [0, 0.1) is 6.92 Å². The van der Waals surface area contributed by atoms with E-state index in [1.807, 2.05) is 31.2 Å². The quantitative estimate of drug-likeness (QED) is 0.592. The molecule has 140 valence electrons. The lowest BCUT2D eigenvalue weighted by Gasteiger charge is -2.06. The molecule has 0 aliphatic rings. The number of aromatic nitrogens is 4. The van der Waals surface area contributed by atoms with Crippen molar-refractivity contribution in [3.8, 4) is 5.69 Å². The number of rotatable bonds is 6. The number of hydrogen-bond acceptors (Lipinski definition) is 7. The summed E-state index contributed by atoms with van der Waals surface area (Å²) >= 11 is 1.19. The van der Waals surface area contributed by atoms with Gasteiger partial charge in [-0.3, -0.25) is 4.79 Å². The number of hydrogen-bond donors (Lipinski definition) is 2. The zero-order valence-corrected chi connectivity index (χ0v) is 15.9. The van der Waals surface area contributed by atoms with Gasteiger partial charge < -0.3 is 5.32 Å². The first-order valence-electron chi connectivity index (χ1n) is 7.74. The minimum Gasteiger partial charge on any atom is -0.325 e. The van der Waals surface area contributed by atoms with Gasteiger partial charge in [0.1, 0.15) is 0 Å². The minimum absolute atomic E-state index is 0.0212. The van der Waals surface area contributed by atoms with Gasteiger partial charge in [0.25, 0.3) is 0 Å². The first-order chi connectivity index (χ1) is 12.8. The second-order valence-corrected chi connectivity index (χ2v) is 8.12. The van der Waals surface area contributed by atoms with Gasteiger partial charge in [-0.2, -0.15) is 4.68 Å². The molecule has 1 heterocycles. The summed E-state index contributed by atoms with van der Waals surface area (Å²) in [6.45, 7) is 1.98. The van der Waals surface area contributed by atoms with Gasteiger partial charge in [-0.15, -0.1) is 5.10 Å². The van der Waals surface area contributed by atoms with E-state index < -0.39 is 10.0 Å². The fourth-order valence-electron chi connectivity index (χ4n) is 2.17. The molecule has 27 heavy (non-hydrogen) atoms. The molecule has 0 aliphatic carbocycles. The maximum absolute atomic E-state index is 12.1. The molecule has 0 atom stereocenters. The van der Waals surface area contributed by atoms with Gasteiger partial charge in [0, 0.05) is 5.69 Å². The largest absolute Gasteiger partial charge is 0.325 e. The van der Waals surface area contributed by atoms with Crippen LogP contribution in [-0.2, 0) is 14.8 Å². The Hall–Kier alpha value is -2.76. The summed E-state index contributed by atoms with van der Waals surface area (Å²) in [6.07, 6.45) is 0. The second-order valence-electron chi connectivity index (χ2n) is 5.62. The highest BCUT2D eigenvalue weighted by atomic mass is 32.2. The summed E-state index contributed by atoms with van der Waals surface area (Å²) in [7, 11) is -3.76. The number of nitrogens with two attached hydrogens (primary N) is 1. The molecule has 3 rings (SSSR count). The fraction of sp³-hybridized carbons (Fsp3) is 0.125. The van der Waals surface area contributed by atoms with E-state index in [9.17, 15) is 13.2 Å². The molecule has 9 nitrogen and oxygen atoms in total. The van der Waals surface area contributed by atoms with Crippen molar-refractivity contribution in [3.63, 3.8) is 0 Å². The lowest BCUT2D eigenvalue weighted by Crippen LogP contribution is -2.15. The number of sulfonamides is 1. The summed E-state index contributed by atoms with van der Waals surface area (Å²) in [5.74, 6) is -0.190. The Balaban J connectivity index is 1.62. The number of thioether (sulfide) groups is 1. The summed E-state index contributed by atoms with van der Waals surface area (Å²) in [5.41, 5.74) is 2.38. The number of aryl methyl sites for hydroxylation is 1. The maximum atomic E-state index is 12.1. The normalized spacial score (nSPS) is 11.3. The number of benzene rings is 2. The van der Waals surface area contributed by atoms with Crippen LogP contribution in [-0.4, -0.2) is 40.3 Å². The van der Waals surface area contributed by atoms with Gasteiger partial charge in [0.05, 0.1) is 16.3 Å². The van der Waals surface area contributed by atoms with E-state index in [-0.39, 0.29) is 16.6 Å². The van der Waals surface area contributed by atoms with Crippen molar-refractivity contribution in [2.75, 3.05) is 11.1 Å². The predicted octanol–water partition coefficient (Wildman–Crippen LogP) is 1.35. The number of carbonyl (C=O) groups excluding carboxylic acids is 1. The lowest BCUT2D eigenvalue weighted by atomic mass is 10.2. The van der Waals surface area contributed by atoms with Crippen LogP contribution in [0.4, 0.5) is 5.69 Å². The van der Waals surface area contributed by atoms with E-state index in [4.69, 9.17) is 5.14 Å². The number of carbonyl (C=O) groups is 1. The number of nitrogens with zero attached hydrogens (tertiary/aromatic N) is 4. The van der Waals surface area contributed by atoms with E-state index in [1.54, 1.807) is 4.68 Å². The van der Waals surface area contributed by atoms with Crippen molar-refractivity contribution >= 4 is 33.4 Å². The molecule has 0 aliphatic heterocycles. The number of amides is 1. The summed E-state index contributed by atoms with van der Waals surface area (Å²) in [4.78, 5) is 12.1. The Morgan fingerprint density at radius 2 is 1.81 bits per heavy atom. The number of primary sulfonamides is 1. The molecule has 0 radical (unpaired) electrons. The average Bonchev–Trinajstić information content (AvgIpc) is 3.09. The van der Waals surface area contributed by atoms with E-state index >= 15 is 0 Å². The molecular weight excluding hydrogens is 388 g/mol. The van der Waals surface area contributed by atoms with Gasteiger partial charge in [0.2, 0.25) is 21.1 Å². The van der Waals surface area contributed by atoms with E-state index in [0.29, 0.717) is 10.8 Å². The Morgan fingerprint density at radius 1 is 1.15 bits per heavy atom. The molecule has 0 unspecified atom stereocenters. The first kappa shape index (κ1) is 19.0. The SMILES string of the molecule is Cc1ccc(-n2nnnc2SCC(=O)Nc2ccc(S(N)(=O)=O)cc2)cc1. The Morgan fingerprint density at radius 3 is 2.44 bits per heavy atom. The molecule has 3 N–H and O–H groups in total. The average molecular weight is 404 g/mol. The maximum Gasteiger partial charge on any atom is 0.238 e. The van der Waals surface area contributed by atoms with Crippen molar-refractivity contribution in [1.82, 2.24) is 20.2 Å². The Bertz CT molecular complexity index is 1050. The van der Waals surface area contributed by atoms with Crippen molar-refractivity contribution in [1.29, 1.82) is 0 Å². The predicted molar refractivity (Wildman–Crippen MR) is 101 cm³/mol. The van der Waals surface area contributed by atoms with Crippen LogP contribution in [0.25, 0.3) is 5.69 Å². The number of tetrazole rings is 1. The zero-order chi connectivity index (χ0) is 19.4. The molecule has 0 saturated heterocycles. The van der Waals surface area contributed by atoms with E-state index in [1.165, 1.54) is 36.0 Å². The smallest absolute Gasteiger partial charge is 0.238 e. The molecular formula is C16H16N6O3S2. The van der Waals surface area contributed by atoms with Crippen molar-refractivity contribution < 1.29 is 13.2 Å². The molecule has 2 aromatic carbocycles. The van der Waals surface area contributed by atoms with Crippen LogP contribution in [0.1, 0.15) is 5.56 Å². The van der Waals surface area contributed by atoms with E-state index in [0.717, 1.165) is 11.3 Å². The molecule has 1 amide bonds. The monoisotopic (exact) mass is 404 g/mol. The van der Waals surface area contributed by atoms with Crippen molar-refractivity contribution in [2.24, 2.45) is 5.14 Å². The van der Waals surface area contributed by atoms with Crippen molar-refractivity contribution in [2.45, 2.75) is 17.0 Å². The van der Waals surface area contributed by atoms with Crippen LogP contribution < -0.4 is 10.5 Å². The summed E-state index contributed by atoms with van der Waals surface area (Å²) in [6, 6.07) is 13.3. The zero-order valence-electron chi connectivity index (χ0n) is 14.2. The molecule has 3 aromatic rings. The van der Waals surface area contributed by atoms with Crippen LogP contribution in [0.15, 0.2) is 58.6 Å². The highest BCUT2D eigenvalue weighted by Crippen LogP contribution is 2.19. The Kier molecular flexibility index (Phi) is 5.54. The van der Waals surface area contributed by atoms with Crippen molar-refractivity contribution in [3.05, 3.63) is 54.1 Å². The van der Waals surface area contributed by atoms with E-state index in [2.05, 4.69) is 20.8 Å². The second kappa shape index (κ2) is 7.86. The third-order valence-corrected chi connectivity index (χ3v) is 5.37. The summed E-state index contributed by atoms with van der Waals surface area (Å²) in [5, 5.41) is 19.7. The van der Waals surface area contributed by atoms with Crippen LogP contribution >= 0.6 is 11.8 Å². The molecule has 1 aromatic heterocycles. The van der Waals surface area contributed by atoms with Crippen LogP contribution in [0.2, 0.25) is 0 Å². The van der Waals surface area contributed by atoms with Gasteiger partial charge in [0.15, 0.2) is 0 Å². The van der Waals surface area contributed by atoms with Gasteiger partial charge in [-0.25, -0.2) is 13.6 Å². The number of anilines is 1. The third-order valence-electron chi connectivity index (χ3n) is 3.52. The molecule has 0 saturated carbocycles. The highest BCUT2D eigenvalue weighted by molar-refractivity contribution is 7.99. The lowest BCUT2D eigenvalue weighted by molar-refractivity contribution is -0.113. The standard InChI is InChI=1S/C16H16N6O3S2/c1-11-2-6-13(7-3-11)22-16(19-20-21-22)26-10-15(23)18-12-4-8-14(9-5-12)27(17,24)25/h2-9H,10H2,1H3,(H,18,23)(H2,17,24,25). The highest BCUT2D eigenvalue weighted by Gasteiger charge is 2.12. The van der Waals surface area contributed by atoms with Gasteiger partial charge >= 0.3 is 0 Å². The molecule has 0 spiro atoms. The van der Waals surface area contributed by atoms with Gasteiger partial charge in [-0.05, 0) is 53.7 Å². The van der Waals surface area contributed by atoms with Crippen LogP contribution in [0.3, 0.4) is 0 Å². The fourth-order valence-corrected chi connectivity index (χ4v) is 3.38. The molecule has 0 bridgehead atoms.